The van der Waals surface area contributed by atoms with Crippen molar-refractivity contribution in [3.63, 3.8) is 0 Å². The second kappa shape index (κ2) is 6.41. The Kier molecular flexibility index (Phi) is 4.91. The molecule has 1 saturated heterocycles. The van der Waals surface area contributed by atoms with Gasteiger partial charge in [0.25, 0.3) is 5.56 Å². The van der Waals surface area contributed by atoms with Crippen LogP contribution >= 0.6 is 7.82 Å². The van der Waals surface area contributed by atoms with Crippen LogP contribution in [0.2, 0.25) is 0 Å². The molecular formula is C9H15N4O9P. The Bertz CT molecular complexity index is 726. The SMILES string of the molecule is Nc1c(N[C@@H]2O[C@H](COP(=O)(O)O)[C@@H](O)[C@H]2O)[nH]c(=O)[nH]c1=O. The van der Waals surface area contributed by atoms with Gasteiger partial charge >= 0.3 is 13.5 Å². The molecule has 13 nitrogen and oxygen atoms in total. The van der Waals surface area contributed by atoms with Crippen molar-refractivity contribution in [2.45, 2.75) is 24.5 Å². The third-order valence-electron chi connectivity index (χ3n) is 3.04. The molecule has 4 atom stereocenters. The standard InChI is InChI=1S/C9H15N4O9P/c10-3-6(12-9(17)13-7(3)16)11-8-5(15)4(14)2(22-8)1-21-23(18,19)20/h2,4-5,8,14-15H,1,10H2,(H2,18,19,20)(H3,11,12,13,16,17)/t2-,4-,5-,8-/m1/s1. The van der Waals surface area contributed by atoms with Crippen LogP contribution < -0.4 is 22.3 Å². The first kappa shape index (κ1) is 17.6. The van der Waals surface area contributed by atoms with Crippen LogP contribution in [-0.2, 0) is 13.8 Å². The topological polar surface area (TPSA) is 220 Å². The minimum atomic E-state index is -4.78. The molecule has 130 valence electrons. The predicted molar refractivity (Wildman–Crippen MR) is 74.4 cm³/mol. The molecule has 2 rings (SSSR count). The summed E-state index contributed by atoms with van der Waals surface area (Å²) in [5, 5.41) is 22.0. The third-order valence-corrected chi connectivity index (χ3v) is 3.52. The van der Waals surface area contributed by atoms with Crippen molar-refractivity contribution >= 4 is 19.3 Å². The first-order chi connectivity index (χ1) is 10.6. The number of hydrogen-bond donors (Lipinski definition) is 8. The highest BCUT2D eigenvalue weighted by Gasteiger charge is 2.44. The number of anilines is 2. The minimum absolute atomic E-state index is 0.244. The van der Waals surface area contributed by atoms with Crippen molar-refractivity contribution in [3.8, 4) is 0 Å². The van der Waals surface area contributed by atoms with Gasteiger partial charge in [0.05, 0.1) is 6.61 Å². The van der Waals surface area contributed by atoms with Gasteiger partial charge in [0.2, 0.25) is 0 Å². The second-order valence-corrected chi connectivity index (χ2v) is 5.94. The molecule has 1 aromatic heterocycles. The molecule has 0 bridgehead atoms. The zero-order chi connectivity index (χ0) is 17.4. The summed E-state index contributed by atoms with van der Waals surface area (Å²) in [4.78, 5) is 43.8. The Morgan fingerprint density at radius 3 is 2.52 bits per heavy atom. The molecule has 0 aromatic carbocycles. The third kappa shape index (κ3) is 4.17. The summed E-state index contributed by atoms with van der Waals surface area (Å²) in [7, 11) is -4.78. The van der Waals surface area contributed by atoms with Gasteiger partial charge in [-0.3, -0.25) is 19.3 Å². The van der Waals surface area contributed by atoms with E-state index in [9.17, 15) is 24.4 Å². The molecule has 1 aromatic rings. The van der Waals surface area contributed by atoms with Crippen LogP contribution in [0.15, 0.2) is 9.59 Å². The first-order valence-electron chi connectivity index (χ1n) is 6.19. The molecule has 0 radical (unpaired) electrons. The van der Waals surface area contributed by atoms with E-state index in [-0.39, 0.29) is 11.5 Å². The van der Waals surface area contributed by atoms with E-state index < -0.39 is 50.2 Å². The van der Waals surface area contributed by atoms with Crippen molar-refractivity contribution in [2.24, 2.45) is 0 Å². The fourth-order valence-electron chi connectivity index (χ4n) is 1.93. The monoisotopic (exact) mass is 354 g/mol. The molecule has 1 aliphatic rings. The summed E-state index contributed by atoms with van der Waals surface area (Å²) < 4.78 is 20.0. The highest BCUT2D eigenvalue weighted by molar-refractivity contribution is 7.46. The average Bonchev–Trinajstić information content (AvgIpc) is 2.69. The molecule has 9 N–H and O–H groups in total. The van der Waals surface area contributed by atoms with E-state index in [0.717, 1.165) is 0 Å². The largest absolute Gasteiger partial charge is 0.469 e. The average molecular weight is 354 g/mol. The van der Waals surface area contributed by atoms with E-state index in [2.05, 4.69) is 14.8 Å². The van der Waals surface area contributed by atoms with Gasteiger partial charge in [-0.15, -0.1) is 0 Å². The number of rotatable bonds is 5. The molecule has 1 aliphatic heterocycles. The van der Waals surface area contributed by atoms with Crippen LogP contribution in [-0.4, -0.2) is 61.1 Å². The Hall–Kier alpha value is -1.73. The van der Waals surface area contributed by atoms with Gasteiger partial charge in [-0.05, 0) is 0 Å². The van der Waals surface area contributed by atoms with Crippen LogP contribution in [0.25, 0.3) is 0 Å². The number of aromatic amines is 2. The number of aliphatic hydroxyl groups excluding tert-OH is 2. The van der Waals surface area contributed by atoms with Crippen LogP contribution in [0.5, 0.6) is 0 Å². The molecule has 2 heterocycles. The highest BCUT2D eigenvalue weighted by atomic mass is 31.2. The normalized spacial score (nSPS) is 28.0. The summed E-state index contributed by atoms with van der Waals surface area (Å²) >= 11 is 0. The van der Waals surface area contributed by atoms with E-state index in [4.69, 9.17) is 20.3 Å². The molecule has 0 spiro atoms. The Balaban J connectivity index is 2.11. The second-order valence-electron chi connectivity index (χ2n) is 4.70. The summed E-state index contributed by atoms with van der Waals surface area (Å²) in [5.41, 5.74) is 3.34. The number of nitrogens with two attached hydrogens (primary N) is 1. The lowest BCUT2D eigenvalue weighted by atomic mass is 10.1. The van der Waals surface area contributed by atoms with E-state index >= 15 is 0 Å². The Morgan fingerprint density at radius 1 is 1.26 bits per heavy atom. The van der Waals surface area contributed by atoms with Crippen molar-refractivity contribution in [3.05, 3.63) is 20.8 Å². The number of hydrogen-bond acceptors (Lipinski definition) is 9. The summed E-state index contributed by atoms with van der Waals surface area (Å²) in [6, 6.07) is 0. The zero-order valence-electron chi connectivity index (χ0n) is 11.4. The van der Waals surface area contributed by atoms with Gasteiger partial charge in [0, 0.05) is 0 Å². The number of nitrogens with one attached hydrogen (secondary N) is 3. The summed E-state index contributed by atoms with van der Waals surface area (Å²) in [6.07, 6.45) is -5.64. The maximum absolute atomic E-state index is 11.4. The number of aliphatic hydroxyl groups is 2. The van der Waals surface area contributed by atoms with E-state index in [1.54, 1.807) is 0 Å². The lowest BCUT2D eigenvalue weighted by molar-refractivity contribution is -0.0151. The number of H-pyrrole nitrogens is 2. The van der Waals surface area contributed by atoms with Crippen molar-refractivity contribution in [2.75, 3.05) is 17.7 Å². The van der Waals surface area contributed by atoms with E-state index in [1.165, 1.54) is 0 Å². The summed E-state index contributed by atoms with van der Waals surface area (Å²) in [5.74, 6) is -0.244. The molecule has 1 fully saturated rings. The van der Waals surface area contributed by atoms with Gasteiger partial charge < -0.3 is 35.8 Å². The molecule has 0 aliphatic carbocycles. The zero-order valence-corrected chi connectivity index (χ0v) is 12.3. The first-order valence-corrected chi connectivity index (χ1v) is 7.72. The van der Waals surface area contributed by atoms with Crippen LogP contribution in [0.3, 0.4) is 0 Å². The number of phosphoric acid groups is 1. The van der Waals surface area contributed by atoms with Gasteiger partial charge in [0.15, 0.2) is 6.23 Å². The molecule has 0 unspecified atom stereocenters. The van der Waals surface area contributed by atoms with Crippen LogP contribution in [0.4, 0.5) is 11.5 Å². The van der Waals surface area contributed by atoms with Gasteiger partial charge in [-0.1, -0.05) is 0 Å². The Labute approximate surface area is 127 Å². The van der Waals surface area contributed by atoms with Gasteiger partial charge in [0.1, 0.15) is 29.8 Å². The van der Waals surface area contributed by atoms with Crippen LogP contribution in [0, 0.1) is 0 Å². The molecule has 0 amide bonds. The summed E-state index contributed by atoms with van der Waals surface area (Å²) in [6.45, 7) is -0.692. The lowest BCUT2D eigenvalue weighted by Crippen LogP contribution is -2.38. The smallest absolute Gasteiger partial charge is 0.391 e. The van der Waals surface area contributed by atoms with Crippen molar-refractivity contribution in [1.82, 2.24) is 9.97 Å². The minimum Gasteiger partial charge on any atom is -0.391 e. The van der Waals surface area contributed by atoms with Crippen LogP contribution in [0.1, 0.15) is 0 Å². The number of nitrogen functional groups attached to an aromatic ring is 1. The fourth-order valence-corrected chi connectivity index (χ4v) is 2.27. The molecule has 14 heteroatoms. The van der Waals surface area contributed by atoms with E-state index in [1.807, 2.05) is 4.98 Å². The lowest BCUT2D eigenvalue weighted by Gasteiger charge is -2.18. The molecular weight excluding hydrogens is 339 g/mol. The maximum atomic E-state index is 11.4. The van der Waals surface area contributed by atoms with Crippen molar-refractivity contribution in [1.29, 1.82) is 0 Å². The Morgan fingerprint density at radius 2 is 1.91 bits per heavy atom. The van der Waals surface area contributed by atoms with Gasteiger partial charge in [-0.2, -0.15) is 0 Å². The molecule has 23 heavy (non-hydrogen) atoms. The number of phosphoric ester groups is 1. The number of aromatic nitrogens is 2. The van der Waals surface area contributed by atoms with Crippen molar-refractivity contribution < 1.29 is 33.8 Å². The van der Waals surface area contributed by atoms with E-state index in [0.29, 0.717) is 0 Å². The predicted octanol–water partition coefficient (Wildman–Crippen LogP) is -3.39. The molecule has 0 saturated carbocycles. The quantitative estimate of drug-likeness (QED) is 0.244. The number of ether oxygens (including phenoxy) is 1. The highest BCUT2D eigenvalue weighted by Crippen LogP contribution is 2.37. The fraction of sp³-hybridized carbons (Fsp3) is 0.556. The van der Waals surface area contributed by atoms with Gasteiger partial charge in [-0.25, -0.2) is 9.36 Å². The maximum Gasteiger partial charge on any atom is 0.469 e.